The standard InChI is InChI=1S/C11H17NO2/c1-2-3-11(14)12-8-9-4-6-10(13)7-5-9/h1,9-10,13H,3-8H2,(H,12,14). The van der Waals surface area contributed by atoms with Gasteiger partial charge in [0, 0.05) is 6.54 Å². The Labute approximate surface area is 84.9 Å². The summed E-state index contributed by atoms with van der Waals surface area (Å²) >= 11 is 0. The lowest BCUT2D eigenvalue weighted by Crippen LogP contribution is -2.31. The van der Waals surface area contributed by atoms with Gasteiger partial charge >= 0.3 is 0 Å². The molecule has 1 amide bonds. The van der Waals surface area contributed by atoms with Gasteiger partial charge in [-0.05, 0) is 31.6 Å². The van der Waals surface area contributed by atoms with Crippen LogP contribution in [0.3, 0.4) is 0 Å². The maximum absolute atomic E-state index is 11.0. The number of carbonyl (C=O) groups excluding carboxylic acids is 1. The Morgan fingerprint density at radius 2 is 2.07 bits per heavy atom. The van der Waals surface area contributed by atoms with E-state index in [0.717, 1.165) is 25.7 Å². The maximum atomic E-state index is 11.0. The summed E-state index contributed by atoms with van der Waals surface area (Å²) in [5.41, 5.74) is 0. The fourth-order valence-corrected chi connectivity index (χ4v) is 1.76. The molecule has 0 spiro atoms. The molecule has 0 aromatic rings. The lowest BCUT2D eigenvalue weighted by Gasteiger charge is -2.25. The Bertz CT molecular complexity index is 224. The summed E-state index contributed by atoms with van der Waals surface area (Å²) in [4.78, 5) is 11.0. The minimum absolute atomic E-state index is 0.0707. The largest absolute Gasteiger partial charge is 0.393 e. The number of hydrogen-bond donors (Lipinski definition) is 2. The quantitative estimate of drug-likeness (QED) is 0.650. The van der Waals surface area contributed by atoms with Crippen LogP contribution in [0, 0.1) is 18.3 Å². The second-order valence-electron chi connectivity index (χ2n) is 3.86. The van der Waals surface area contributed by atoms with Gasteiger partial charge in [-0.3, -0.25) is 4.79 Å². The van der Waals surface area contributed by atoms with Gasteiger partial charge < -0.3 is 10.4 Å². The minimum Gasteiger partial charge on any atom is -0.393 e. The summed E-state index contributed by atoms with van der Waals surface area (Å²) in [6, 6.07) is 0. The zero-order valence-corrected chi connectivity index (χ0v) is 8.33. The molecule has 3 nitrogen and oxygen atoms in total. The summed E-state index contributed by atoms with van der Waals surface area (Å²) in [7, 11) is 0. The van der Waals surface area contributed by atoms with E-state index in [4.69, 9.17) is 6.42 Å². The molecule has 0 aliphatic heterocycles. The molecule has 1 aliphatic rings. The molecule has 1 fully saturated rings. The van der Waals surface area contributed by atoms with Crippen LogP contribution >= 0.6 is 0 Å². The average Bonchev–Trinajstić information content (AvgIpc) is 2.17. The van der Waals surface area contributed by atoms with Crippen LogP contribution in [0.15, 0.2) is 0 Å². The van der Waals surface area contributed by atoms with E-state index in [2.05, 4.69) is 11.2 Å². The monoisotopic (exact) mass is 195 g/mol. The zero-order chi connectivity index (χ0) is 10.4. The molecule has 2 N–H and O–H groups in total. The van der Waals surface area contributed by atoms with Crippen LogP contribution in [0.1, 0.15) is 32.1 Å². The van der Waals surface area contributed by atoms with Crippen molar-refractivity contribution in [3.8, 4) is 12.3 Å². The van der Waals surface area contributed by atoms with Crippen molar-refractivity contribution in [1.82, 2.24) is 5.32 Å². The molecule has 0 aromatic heterocycles. The van der Waals surface area contributed by atoms with Gasteiger partial charge in [0.1, 0.15) is 0 Å². The minimum atomic E-state index is -0.132. The topological polar surface area (TPSA) is 49.3 Å². The maximum Gasteiger partial charge on any atom is 0.232 e. The molecule has 1 saturated carbocycles. The van der Waals surface area contributed by atoms with E-state index in [1.807, 2.05) is 0 Å². The Kier molecular flexibility index (Phi) is 4.48. The molecular formula is C11H17NO2. The highest BCUT2D eigenvalue weighted by atomic mass is 16.3. The second-order valence-corrected chi connectivity index (χ2v) is 3.86. The Morgan fingerprint density at radius 3 is 2.64 bits per heavy atom. The number of carbonyl (C=O) groups is 1. The van der Waals surface area contributed by atoms with Crippen LogP contribution in [-0.4, -0.2) is 23.7 Å². The first-order chi connectivity index (χ1) is 6.72. The van der Waals surface area contributed by atoms with Gasteiger partial charge in [-0.15, -0.1) is 6.42 Å². The average molecular weight is 195 g/mol. The van der Waals surface area contributed by atoms with Crippen LogP contribution in [0.25, 0.3) is 0 Å². The van der Waals surface area contributed by atoms with E-state index < -0.39 is 0 Å². The molecule has 0 atom stereocenters. The van der Waals surface area contributed by atoms with Crippen molar-refractivity contribution >= 4 is 5.91 Å². The highest BCUT2D eigenvalue weighted by Crippen LogP contribution is 2.23. The summed E-state index contributed by atoms with van der Waals surface area (Å²) < 4.78 is 0. The van der Waals surface area contributed by atoms with Crippen molar-refractivity contribution in [2.24, 2.45) is 5.92 Å². The molecule has 0 radical (unpaired) electrons. The van der Waals surface area contributed by atoms with Crippen LogP contribution < -0.4 is 5.32 Å². The van der Waals surface area contributed by atoms with Gasteiger partial charge in [-0.1, -0.05) is 5.92 Å². The van der Waals surface area contributed by atoms with Crippen molar-refractivity contribution in [3.63, 3.8) is 0 Å². The highest BCUT2D eigenvalue weighted by Gasteiger charge is 2.19. The number of hydrogen-bond acceptors (Lipinski definition) is 2. The molecule has 0 saturated heterocycles. The smallest absolute Gasteiger partial charge is 0.232 e. The molecule has 0 unspecified atom stereocenters. The molecule has 0 bridgehead atoms. The molecule has 1 aliphatic carbocycles. The summed E-state index contributed by atoms with van der Waals surface area (Å²) in [6.07, 6.45) is 8.75. The third kappa shape index (κ3) is 3.80. The van der Waals surface area contributed by atoms with Crippen LogP contribution in [-0.2, 0) is 4.79 Å². The first-order valence-corrected chi connectivity index (χ1v) is 5.10. The molecule has 0 heterocycles. The van der Waals surface area contributed by atoms with E-state index in [0.29, 0.717) is 12.5 Å². The van der Waals surface area contributed by atoms with Crippen molar-refractivity contribution in [2.75, 3.05) is 6.54 Å². The van der Waals surface area contributed by atoms with Crippen molar-refractivity contribution in [3.05, 3.63) is 0 Å². The predicted molar refractivity (Wildman–Crippen MR) is 54.4 cm³/mol. The van der Waals surface area contributed by atoms with Gasteiger partial charge in [0.15, 0.2) is 0 Å². The van der Waals surface area contributed by atoms with Crippen molar-refractivity contribution in [1.29, 1.82) is 0 Å². The Morgan fingerprint density at radius 1 is 1.43 bits per heavy atom. The SMILES string of the molecule is C#CCC(=O)NCC1CCC(O)CC1. The predicted octanol–water partition coefficient (Wildman–Crippen LogP) is 0.677. The first kappa shape index (κ1) is 11.1. The highest BCUT2D eigenvalue weighted by molar-refractivity contribution is 5.78. The van der Waals surface area contributed by atoms with E-state index in [9.17, 15) is 9.90 Å². The third-order valence-corrected chi connectivity index (χ3v) is 2.67. The van der Waals surface area contributed by atoms with E-state index >= 15 is 0 Å². The van der Waals surface area contributed by atoms with Crippen molar-refractivity contribution in [2.45, 2.75) is 38.2 Å². The molecule has 0 aromatic carbocycles. The Balaban J connectivity index is 2.13. The molecule has 14 heavy (non-hydrogen) atoms. The molecule has 78 valence electrons. The zero-order valence-electron chi connectivity index (χ0n) is 8.33. The number of nitrogens with one attached hydrogen (secondary N) is 1. The Hall–Kier alpha value is -1.01. The first-order valence-electron chi connectivity index (χ1n) is 5.10. The summed E-state index contributed by atoms with van der Waals surface area (Å²) in [6.45, 7) is 0.702. The van der Waals surface area contributed by atoms with Crippen LogP contribution in [0.4, 0.5) is 0 Å². The number of terminal acetylenes is 1. The fraction of sp³-hybridized carbons (Fsp3) is 0.727. The normalized spacial score (nSPS) is 26.6. The molecular weight excluding hydrogens is 178 g/mol. The van der Waals surface area contributed by atoms with Crippen LogP contribution in [0.2, 0.25) is 0 Å². The second kappa shape index (κ2) is 5.66. The number of aliphatic hydroxyl groups excluding tert-OH is 1. The van der Waals surface area contributed by atoms with E-state index in [1.165, 1.54) is 0 Å². The van der Waals surface area contributed by atoms with Gasteiger partial charge in [-0.25, -0.2) is 0 Å². The lowest BCUT2D eigenvalue weighted by atomic mass is 9.87. The summed E-state index contributed by atoms with van der Waals surface area (Å²) in [5, 5.41) is 12.1. The van der Waals surface area contributed by atoms with Crippen molar-refractivity contribution < 1.29 is 9.90 Å². The molecule has 3 heteroatoms. The number of rotatable bonds is 3. The molecule has 1 rings (SSSR count). The van der Waals surface area contributed by atoms with Gasteiger partial charge in [0.05, 0.1) is 12.5 Å². The third-order valence-electron chi connectivity index (χ3n) is 2.67. The van der Waals surface area contributed by atoms with Gasteiger partial charge in [0.25, 0.3) is 0 Å². The fourth-order valence-electron chi connectivity index (χ4n) is 1.76. The van der Waals surface area contributed by atoms with Gasteiger partial charge in [-0.2, -0.15) is 0 Å². The van der Waals surface area contributed by atoms with E-state index in [1.54, 1.807) is 0 Å². The summed E-state index contributed by atoms with van der Waals surface area (Å²) in [5.74, 6) is 2.75. The van der Waals surface area contributed by atoms with Gasteiger partial charge in [0.2, 0.25) is 5.91 Å². The lowest BCUT2D eigenvalue weighted by molar-refractivity contribution is -0.120. The number of aliphatic hydroxyl groups is 1. The van der Waals surface area contributed by atoms with Crippen LogP contribution in [0.5, 0.6) is 0 Å². The number of amides is 1. The van der Waals surface area contributed by atoms with E-state index in [-0.39, 0.29) is 18.4 Å².